The number of nitrogen functional groups attached to an aromatic ring is 3. The van der Waals surface area contributed by atoms with E-state index in [2.05, 4.69) is 20.2 Å². The van der Waals surface area contributed by atoms with Crippen LogP contribution in [0.25, 0.3) is 0 Å². The Labute approximate surface area is 110 Å². The van der Waals surface area contributed by atoms with Crippen LogP contribution in [0.5, 0.6) is 0 Å². The lowest BCUT2D eigenvalue weighted by atomic mass is 10.1. The molecule has 0 unspecified atom stereocenters. The minimum atomic E-state index is 0.0140. The van der Waals surface area contributed by atoms with Gasteiger partial charge in [0.15, 0.2) is 17.3 Å². The number of nitrogens with zero attached hydrogens (tertiary/aromatic N) is 4. The van der Waals surface area contributed by atoms with Crippen molar-refractivity contribution in [2.45, 2.75) is 13.8 Å². The molecule has 2 aromatic rings. The molecule has 0 saturated carbocycles. The third-order valence-corrected chi connectivity index (χ3v) is 2.71. The molecule has 19 heavy (non-hydrogen) atoms. The van der Waals surface area contributed by atoms with Crippen molar-refractivity contribution in [3.05, 3.63) is 29.3 Å². The van der Waals surface area contributed by atoms with Crippen molar-refractivity contribution in [1.29, 1.82) is 0 Å². The zero-order valence-corrected chi connectivity index (χ0v) is 10.8. The van der Waals surface area contributed by atoms with Crippen molar-refractivity contribution in [1.82, 2.24) is 9.97 Å². The molecule has 7 nitrogen and oxygen atoms in total. The van der Waals surface area contributed by atoms with Gasteiger partial charge in [0.05, 0.1) is 5.69 Å². The predicted octanol–water partition coefficient (Wildman–Crippen LogP) is 2.26. The first-order chi connectivity index (χ1) is 8.97. The molecule has 2 rings (SSSR count). The van der Waals surface area contributed by atoms with Gasteiger partial charge >= 0.3 is 0 Å². The molecular formula is C12H15N7. The van der Waals surface area contributed by atoms with Crippen LogP contribution in [0.15, 0.2) is 28.4 Å². The summed E-state index contributed by atoms with van der Waals surface area (Å²) in [5, 5.41) is 8.06. The SMILES string of the molecule is Cc1ccc(N=Nc2c(N)nc(N)nc2N)cc1C. The Balaban J connectivity index is 2.35. The van der Waals surface area contributed by atoms with E-state index in [-0.39, 0.29) is 23.3 Å². The first-order valence-corrected chi connectivity index (χ1v) is 5.65. The average molecular weight is 257 g/mol. The highest BCUT2D eigenvalue weighted by atomic mass is 15.2. The van der Waals surface area contributed by atoms with Gasteiger partial charge in [-0.1, -0.05) is 6.07 Å². The molecular weight excluding hydrogens is 242 g/mol. The Kier molecular flexibility index (Phi) is 3.28. The lowest BCUT2D eigenvalue weighted by Crippen LogP contribution is -2.03. The Morgan fingerprint density at radius 3 is 2.11 bits per heavy atom. The van der Waals surface area contributed by atoms with Crippen molar-refractivity contribution in [3.8, 4) is 0 Å². The van der Waals surface area contributed by atoms with E-state index < -0.39 is 0 Å². The first-order valence-electron chi connectivity index (χ1n) is 5.65. The third-order valence-electron chi connectivity index (χ3n) is 2.71. The first kappa shape index (κ1) is 12.7. The number of rotatable bonds is 2. The summed E-state index contributed by atoms with van der Waals surface area (Å²) < 4.78 is 0. The molecule has 1 aromatic heterocycles. The van der Waals surface area contributed by atoms with Gasteiger partial charge in [-0.3, -0.25) is 0 Å². The van der Waals surface area contributed by atoms with E-state index in [1.54, 1.807) is 0 Å². The van der Waals surface area contributed by atoms with Crippen molar-refractivity contribution in [3.63, 3.8) is 0 Å². The lowest BCUT2D eigenvalue weighted by Gasteiger charge is -2.03. The van der Waals surface area contributed by atoms with Crippen LogP contribution in [0, 0.1) is 13.8 Å². The van der Waals surface area contributed by atoms with Gasteiger partial charge in [0.1, 0.15) is 0 Å². The number of hydrogen-bond acceptors (Lipinski definition) is 7. The van der Waals surface area contributed by atoms with Gasteiger partial charge < -0.3 is 17.2 Å². The fraction of sp³-hybridized carbons (Fsp3) is 0.167. The van der Waals surface area contributed by atoms with E-state index in [1.165, 1.54) is 5.56 Å². The molecule has 7 heteroatoms. The van der Waals surface area contributed by atoms with Crippen LogP contribution in [0.4, 0.5) is 29.0 Å². The van der Waals surface area contributed by atoms with E-state index >= 15 is 0 Å². The predicted molar refractivity (Wildman–Crippen MR) is 75.4 cm³/mol. The summed E-state index contributed by atoms with van der Waals surface area (Å²) in [5.74, 6) is 0.232. The molecule has 0 aliphatic carbocycles. The van der Waals surface area contributed by atoms with Gasteiger partial charge in [0, 0.05) is 0 Å². The number of anilines is 3. The second kappa shape index (κ2) is 4.89. The molecule has 0 aliphatic heterocycles. The summed E-state index contributed by atoms with van der Waals surface area (Å²) in [6.07, 6.45) is 0. The molecule has 0 saturated heterocycles. The zero-order valence-electron chi connectivity index (χ0n) is 10.8. The largest absolute Gasteiger partial charge is 0.382 e. The summed E-state index contributed by atoms with van der Waals surface area (Å²) in [6, 6.07) is 5.75. The molecule has 0 aliphatic rings. The number of azo groups is 1. The Hall–Kier alpha value is -2.70. The molecule has 0 fully saturated rings. The van der Waals surface area contributed by atoms with Gasteiger partial charge in [-0.25, -0.2) is 0 Å². The topological polar surface area (TPSA) is 129 Å². The number of aryl methyl sites for hydroxylation is 2. The van der Waals surface area contributed by atoms with Crippen LogP contribution < -0.4 is 17.2 Å². The molecule has 0 spiro atoms. The summed E-state index contributed by atoms with van der Waals surface area (Å²) in [4.78, 5) is 7.58. The van der Waals surface area contributed by atoms with Gasteiger partial charge in [-0.15, -0.1) is 5.11 Å². The number of benzene rings is 1. The van der Waals surface area contributed by atoms with E-state index in [0.29, 0.717) is 5.69 Å². The minimum absolute atomic E-state index is 0.0140. The van der Waals surface area contributed by atoms with Crippen molar-refractivity contribution in [2.24, 2.45) is 10.2 Å². The lowest BCUT2D eigenvalue weighted by molar-refractivity contribution is 1.15. The second-order valence-electron chi connectivity index (χ2n) is 4.17. The fourth-order valence-corrected chi connectivity index (χ4v) is 1.51. The van der Waals surface area contributed by atoms with E-state index in [1.807, 2.05) is 32.0 Å². The highest BCUT2D eigenvalue weighted by Gasteiger charge is 2.07. The molecule has 98 valence electrons. The summed E-state index contributed by atoms with van der Waals surface area (Å²) >= 11 is 0. The Bertz CT molecular complexity index is 626. The quantitative estimate of drug-likeness (QED) is 0.710. The number of nitrogens with two attached hydrogens (primary N) is 3. The monoisotopic (exact) mass is 257 g/mol. The number of hydrogen-bond donors (Lipinski definition) is 3. The van der Waals surface area contributed by atoms with Crippen LogP contribution in [0.1, 0.15) is 11.1 Å². The third kappa shape index (κ3) is 2.76. The van der Waals surface area contributed by atoms with Gasteiger partial charge in [0.25, 0.3) is 0 Å². The fourth-order valence-electron chi connectivity index (χ4n) is 1.51. The Morgan fingerprint density at radius 1 is 0.895 bits per heavy atom. The molecule has 0 atom stereocenters. The summed E-state index contributed by atoms with van der Waals surface area (Å²) in [7, 11) is 0. The van der Waals surface area contributed by atoms with Crippen LogP contribution in [-0.2, 0) is 0 Å². The van der Waals surface area contributed by atoms with Crippen LogP contribution in [-0.4, -0.2) is 9.97 Å². The van der Waals surface area contributed by atoms with Crippen LogP contribution in [0.2, 0.25) is 0 Å². The molecule has 0 amide bonds. The smallest absolute Gasteiger partial charge is 0.224 e. The normalized spacial score (nSPS) is 11.1. The second-order valence-corrected chi connectivity index (χ2v) is 4.17. The van der Waals surface area contributed by atoms with Gasteiger partial charge in [-0.2, -0.15) is 15.1 Å². The maximum Gasteiger partial charge on any atom is 0.224 e. The number of aromatic nitrogens is 2. The van der Waals surface area contributed by atoms with E-state index in [9.17, 15) is 0 Å². The highest BCUT2D eigenvalue weighted by molar-refractivity contribution is 5.71. The molecule has 0 bridgehead atoms. The minimum Gasteiger partial charge on any atom is -0.382 e. The molecule has 6 N–H and O–H groups in total. The van der Waals surface area contributed by atoms with Crippen molar-refractivity contribution in [2.75, 3.05) is 17.2 Å². The van der Waals surface area contributed by atoms with Crippen molar-refractivity contribution < 1.29 is 0 Å². The van der Waals surface area contributed by atoms with Gasteiger partial charge in [-0.05, 0) is 37.1 Å². The summed E-state index contributed by atoms with van der Waals surface area (Å²) in [5.41, 5.74) is 20.0. The van der Waals surface area contributed by atoms with Crippen LogP contribution >= 0.6 is 0 Å². The van der Waals surface area contributed by atoms with E-state index in [0.717, 1.165) is 5.56 Å². The average Bonchev–Trinajstić information content (AvgIpc) is 2.32. The molecule has 1 aromatic carbocycles. The Morgan fingerprint density at radius 2 is 1.53 bits per heavy atom. The van der Waals surface area contributed by atoms with Gasteiger partial charge in [0.2, 0.25) is 5.95 Å². The summed E-state index contributed by atoms with van der Waals surface area (Å²) in [6.45, 7) is 4.03. The zero-order chi connectivity index (χ0) is 14.0. The highest BCUT2D eigenvalue weighted by Crippen LogP contribution is 2.29. The van der Waals surface area contributed by atoms with Crippen molar-refractivity contribution >= 4 is 29.0 Å². The maximum atomic E-state index is 5.68. The van der Waals surface area contributed by atoms with Crippen LogP contribution in [0.3, 0.4) is 0 Å². The molecule has 0 radical (unpaired) electrons. The maximum absolute atomic E-state index is 5.68. The molecule has 1 heterocycles. The standard InChI is InChI=1S/C12H15N7/c1-6-3-4-8(5-7(6)2)18-19-9-10(13)16-12(15)17-11(9)14/h3-5H,1-2H3,(H6,13,14,15,16,17). The van der Waals surface area contributed by atoms with E-state index in [4.69, 9.17) is 17.2 Å².